The molecule has 0 saturated carbocycles. The van der Waals surface area contributed by atoms with E-state index in [4.69, 9.17) is 0 Å². The molecule has 1 aliphatic heterocycles. The molecule has 7 nitrogen and oxygen atoms in total. The van der Waals surface area contributed by atoms with Gasteiger partial charge in [-0.1, -0.05) is 40.2 Å². The molecule has 1 amide bonds. The first-order chi connectivity index (χ1) is 11.9. The fourth-order valence-electron chi connectivity index (χ4n) is 2.66. The largest absolute Gasteiger partial charge is 0.507 e. The minimum absolute atomic E-state index is 0.130. The SMILES string of the molecule is O=C1NC(c2ccccc2[N+](=O)[O-])C(=C(O)c2ccc(Br)cc2)C1=O. The molecule has 3 rings (SSSR count). The van der Waals surface area contributed by atoms with E-state index in [0.717, 1.165) is 4.47 Å². The highest BCUT2D eigenvalue weighted by Gasteiger charge is 2.42. The quantitative estimate of drug-likeness (QED) is 0.269. The topological polar surface area (TPSA) is 110 Å². The van der Waals surface area contributed by atoms with Crippen LogP contribution in [-0.2, 0) is 9.59 Å². The number of benzene rings is 2. The molecular formula is C17H11BrN2O5. The van der Waals surface area contributed by atoms with Gasteiger partial charge in [-0.2, -0.15) is 0 Å². The summed E-state index contributed by atoms with van der Waals surface area (Å²) in [5.74, 6) is -2.22. The number of carbonyl (C=O) groups is 2. The van der Waals surface area contributed by atoms with Crippen LogP contribution < -0.4 is 5.32 Å². The number of aliphatic hydroxyl groups is 1. The number of nitrogens with one attached hydrogen (secondary N) is 1. The van der Waals surface area contributed by atoms with Crippen LogP contribution in [0.15, 0.2) is 58.6 Å². The number of hydrogen-bond donors (Lipinski definition) is 2. The van der Waals surface area contributed by atoms with Crippen LogP contribution in [0, 0.1) is 10.1 Å². The molecule has 2 N–H and O–H groups in total. The van der Waals surface area contributed by atoms with E-state index in [2.05, 4.69) is 21.2 Å². The summed E-state index contributed by atoms with van der Waals surface area (Å²) in [5.41, 5.74) is 0.00206. The smallest absolute Gasteiger partial charge is 0.293 e. The van der Waals surface area contributed by atoms with Crippen molar-refractivity contribution in [2.45, 2.75) is 6.04 Å². The molecule has 126 valence electrons. The van der Waals surface area contributed by atoms with Gasteiger partial charge in [-0.15, -0.1) is 0 Å². The molecule has 8 heteroatoms. The van der Waals surface area contributed by atoms with E-state index in [1.807, 2.05) is 0 Å². The number of nitro groups is 1. The highest BCUT2D eigenvalue weighted by Crippen LogP contribution is 2.36. The first-order valence-corrected chi connectivity index (χ1v) is 7.97. The molecule has 1 saturated heterocycles. The maximum Gasteiger partial charge on any atom is 0.293 e. The summed E-state index contributed by atoms with van der Waals surface area (Å²) in [6, 6.07) is 11.1. The van der Waals surface area contributed by atoms with Crippen molar-refractivity contribution in [3.05, 3.63) is 79.8 Å². The van der Waals surface area contributed by atoms with Gasteiger partial charge in [0.1, 0.15) is 5.76 Å². The number of amides is 1. The number of carbonyl (C=O) groups excluding carboxylic acids is 2. The lowest BCUT2D eigenvalue weighted by Crippen LogP contribution is -2.21. The number of ketones is 1. The van der Waals surface area contributed by atoms with E-state index < -0.39 is 22.7 Å². The van der Waals surface area contributed by atoms with Gasteiger partial charge in [0, 0.05) is 16.1 Å². The molecule has 0 spiro atoms. The van der Waals surface area contributed by atoms with Crippen molar-refractivity contribution in [3.63, 3.8) is 0 Å². The predicted molar refractivity (Wildman–Crippen MR) is 92.7 cm³/mol. The van der Waals surface area contributed by atoms with Gasteiger partial charge in [0.05, 0.1) is 22.1 Å². The van der Waals surface area contributed by atoms with Crippen molar-refractivity contribution < 1.29 is 19.6 Å². The number of para-hydroxylation sites is 1. The molecular weight excluding hydrogens is 392 g/mol. The Balaban J connectivity index is 2.18. The lowest BCUT2D eigenvalue weighted by molar-refractivity contribution is -0.385. The molecule has 0 bridgehead atoms. The summed E-state index contributed by atoms with van der Waals surface area (Å²) in [7, 11) is 0. The molecule has 1 fully saturated rings. The van der Waals surface area contributed by atoms with Crippen LogP contribution in [0.2, 0.25) is 0 Å². The maximum absolute atomic E-state index is 12.2. The number of halogens is 1. The maximum atomic E-state index is 12.2. The van der Waals surface area contributed by atoms with Gasteiger partial charge in [-0.05, 0) is 18.2 Å². The lowest BCUT2D eigenvalue weighted by Gasteiger charge is -2.13. The van der Waals surface area contributed by atoms with Crippen LogP contribution in [0.25, 0.3) is 5.76 Å². The second-order valence-electron chi connectivity index (χ2n) is 5.32. The molecule has 2 aromatic carbocycles. The zero-order valence-corrected chi connectivity index (χ0v) is 14.2. The van der Waals surface area contributed by atoms with Crippen molar-refractivity contribution in [2.24, 2.45) is 0 Å². The lowest BCUT2D eigenvalue weighted by atomic mass is 9.95. The molecule has 1 unspecified atom stereocenters. The van der Waals surface area contributed by atoms with Gasteiger partial charge >= 0.3 is 0 Å². The van der Waals surface area contributed by atoms with Crippen LogP contribution in [0.1, 0.15) is 17.2 Å². The van der Waals surface area contributed by atoms with Gasteiger partial charge in [-0.3, -0.25) is 19.7 Å². The number of aliphatic hydroxyl groups excluding tert-OH is 1. The van der Waals surface area contributed by atoms with Crippen molar-refractivity contribution in [1.82, 2.24) is 5.32 Å². The second-order valence-corrected chi connectivity index (χ2v) is 6.24. The van der Waals surface area contributed by atoms with Crippen molar-refractivity contribution >= 4 is 39.1 Å². The Labute approximate surface area is 150 Å². The van der Waals surface area contributed by atoms with Gasteiger partial charge in [0.25, 0.3) is 17.4 Å². The normalized spacial score (nSPS) is 18.8. The van der Waals surface area contributed by atoms with Crippen LogP contribution in [0.4, 0.5) is 5.69 Å². The monoisotopic (exact) mass is 402 g/mol. The van der Waals surface area contributed by atoms with E-state index in [9.17, 15) is 24.8 Å². The molecule has 1 atom stereocenters. The van der Waals surface area contributed by atoms with E-state index in [-0.39, 0.29) is 22.6 Å². The number of nitrogens with zero attached hydrogens (tertiary/aromatic N) is 1. The number of Topliss-reactive ketones (excluding diaryl/α,β-unsaturated/α-hetero) is 1. The van der Waals surface area contributed by atoms with E-state index >= 15 is 0 Å². The Morgan fingerprint density at radius 2 is 1.76 bits per heavy atom. The Morgan fingerprint density at radius 1 is 1.12 bits per heavy atom. The van der Waals surface area contributed by atoms with Crippen molar-refractivity contribution in [2.75, 3.05) is 0 Å². The third-order valence-corrected chi connectivity index (χ3v) is 4.36. The van der Waals surface area contributed by atoms with Crippen LogP contribution >= 0.6 is 15.9 Å². The molecule has 2 aromatic rings. The minimum Gasteiger partial charge on any atom is -0.507 e. The van der Waals surface area contributed by atoms with Gasteiger partial charge in [0.15, 0.2) is 0 Å². The van der Waals surface area contributed by atoms with Crippen molar-refractivity contribution in [3.8, 4) is 0 Å². The fraction of sp³-hybridized carbons (Fsp3) is 0.0588. The summed E-state index contributed by atoms with van der Waals surface area (Å²) in [4.78, 5) is 34.7. The van der Waals surface area contributed by atoms with Crippen LogP contribution in [0.5, 0.6) is 0 Å². The van der Waals surface area contributed by atoms with Crippen LogP contribution in [0.3, 0.4) is 0 Å². The zero-order valence-electron chi connectivity index (χ0n) is 12.6. The summed E-state index contributed by atoms with van der Waals surface area (Å²) in [5, 5.41) is 24.2. The number of hydrogen-bond acceptors (Lipinski definition) is 5. The molecule has 1 aliphatic rings. The number of rotatable bonds is 3. The first kappa shape index (κ1) is 16.8. The summed E-state index contributed by atoms with van der Waals surface area (Å²) in [6.07, 6.45) is 0. The second kappa shape index (κ2) is 6.48. The Bertz CT molecular complexity index is 921. The first-order valence-electron chi connectivity index (χ1n) is 7.17. The molecule has 1 heterocycles. The van der Waals surface area contributed by atoms with E-state index in [1.54, 1.807) is 30.3 Å². The standard InChI is InChI=1S/C17H11BrN2O5/c18-10-7-5-9(6-8-10)15(21)13-14(19-17(23)16(13)22)11-3-1-2-4-12(11)20(24)25/h1-8,14,21H,(H,19,23). The highest BCUT2D eigenvalue weighted by atomic mass is 79.9. The van der Waals surface area contributed by atoms with Gasteiger partial charge in [0.2, 0.25) is 0 Å². The molecule has 0 aliphatic carbocycles. The average molecular weight is 403 g/mol. The Hall–Kier alpha value is -3.00. The minimum atomic E-state index is -1.09. The highest BCUT2D eigenvalue weighted by molar-refractivity contribution is 9.10. The zero-order chi connectivity index (χ0) is 18.1. The van der Waals surface area contributed by atoms with Gasteiger partial charge in [-0.25, -0.2) is 0 Å². The third-order valence-electron chi connectivity index (χ3n) is 3.83. The van der Waals surface area contributed by atoms with E-state index in [1.165, 1.54) is 18.2 Å². The van der Waals surface area contributed by atoms with E-state index in [0.29, 0.717) is 5.56 Å². The predicted octanol–water partition coefficient (Wildman–Crippen LogP) is 3.07. The summed E-state index contributed by atoms with van der Waals surface area (Å²) < 4.78 is 0.774. The third kappa shape index (κ3) is 3.03. The average Bonchev–Trinajstić information content (AvgIpc) is 2.90. The van der Waals surface area contributed by atoms with Gasteiger partial charge < -0.3 is 10.4 Å². The van der Waals surface area contributed by atoms with Crippen LogP contribution in [-0.4, -0.2) is 21.7 Å². The van der Waals surface area contributed by atoms with Crippen molar-refractivity contribution in [1.29, 1.82) is 0 Å². The molecule has 0 radical (unpaired) electrons. The Kier molecular flexibility index (Phi) is 4.37. The summed E-state index contributed by atoms with van der Waals surface area (Å²) in [6.45, 7) is 0. The number of nitro benzene ring substituents is 1. The molecule has 0 aromatic heterocycles. The molecule has 25 heavy (non-hydrogen) atoms. The fourth-order valence-corrected chi connectivity index (χ4v) is 2.93. The summed E-state index contributed by atoms with van der Waals surface area (Å²) >= 11 is 3.27. The Morgan fingerprint density at radius 3 is 2.40 bits per heavy atom.